The molecule has 1 heterocycles. The molecule has 0 saturated heterocycles. The molecule has 1 aromatic heterocycles. The third-order valence-electron chi connectivity index (χ3n) is 2.77. The smallest absolute Gasteiger partial charge is 0.131 e. The molecule has 0 amide bonds. The van der Waals surface area contributed by atoms with Crippen LogP contribution in [0.2, 0.25) is 0 Å². The average Bonchev–Trinajstić information content (AvgIpc) is 2.90. The van der Waals surface area contributed by atoms with E-state index < -0.39 is 5.82 Å². The summed E-state index contributed by atoms with van der Waals surface area (Å²) in [4.78, 5) is 6.78. The van der Waals surface area contributed by atoms with Crippen LogP contribution in [0.4, 0.5) is 8.78 Å². The summed E-state index contributed by atoms with van der Waals surface area (Å²) in [5, 5.41) is 0. The van der Waals surface area contributed by atoms with Gasteiger partial charge in [-0.1, -0.05) is 6.08 Å². The fourth-order valence-corrected chi connectivity index (χ4v) is 2.04. The van der Waals surface area contributed by atoms with Crippen molar-refractivity contribution in [1.29, 1.82) is 0 Å². The highest BCUT2D eigenvalue weighted by atomic mass is 19.1. The summed E-state index contributed by atoms with van der Waals surface area (Å²) in [7, 11) is 0. The third-order valence-corrected chi connectivity index (χ3v) is 2.77. The molecule has 3 rings (SSSR count). The molecule has 0 radical (unpaired) electrons. The Kier molecular flexibility index (Phi) is 1.89. The lowest BCUT2D eigenvalue weighted by Crippen LogP contribution is -1.95. The minimum atomic E-state index is -0.394. The summed E-state index contributed by atoms with van der Waals surface area (Å²) in [6.07, 6.45) is 5.36. The molecular weight excluding hydrogens is 210 g/mol. The second kappa shape index (κ2) is 3.27. The second-order valence-electron chi connectivity index (χ2n) is 3.67. The van der Waals surface area contributed by atoms with Gasteiger partial charge in [0, 0.05) is 16.7 Å². The first-order valence-electron chi connectivity index (χ1n) is 4.93. The third kappa shape index (κ3) is 1.19. The summed E-state index contributed by atoms with van der Waals surface area (Å²) in [6.45, 7) is 0. The van der Waals surface area contributed by atoms with Crippen LogP contribution in [-0.2, 0) is 6.42 Å². The topological polar surface area (TPSA) is 28.7 Å². The number of aromatic amines is 1. The first kappa shape index (κ1) is 9.27. The van der Waals surface area contributed by atoms with Gasteiger partial charge < -0.3 is 4.98 Å². The maximum atomic E-state index is 13.7. The summed E-state index contributed by atoms with van der Waals surface area (Å²) >= 11 is 0. The van der Waals surface area contributed by atoms with Gasteiger partial charge in [0.15, 0.2) is 0 Å². The molecule has 0 saturated carbocycles. The lowest BCUT2D eigenvalue weighted by molar-refractivity contribution is 0.588. The Bertz CT molecular complexity index is 571. The van der Waals surface area contributed by atoms with E-state index in [0.717, 1.165) is 12.1 Å². The Labute approximate surface area is 90.6 Å². The number of allylic oxidation sites excluding steroid dienone is 1. The minimum absolute atomic E-state index is 0.351. The van der Waals surface area contributed by atoms with Gasteiger partial charge in [0.1, 0.15) is 11.6 Å². The largest absolute Gasteiger partial charge is 0.345 e. The van der Waals surface area contributed by atoms with Gasteiger partial charge in [0.25, 0.3) is 0 Å². The van der Waals surface area contributed by atoms with E-state index in [9.17, 15) is 8.78 Å². The molecule has 1 aliphatic rings. The SMILES string of the molecule is Fc1ccc(F)c2c1CC=C2c1cnc[nH]1. The van der Waals surface area contributed by atoms with Crippen LogP contribution < -0.4 is 0 Å². The van der Waals surface area contributed by atoms with Gasteiger partial charge in [-0.15, -0.1) is 0 Å². The second-order valence-corrected chi connectivity index (χ2v) is 3.67. The van der Waals surface area contributed by atoms with E-state index in [1.54, 1.807) is 6.20 Å². The van der Waals surface area contributed by atoms with Crippen LogP contribution in [0.25, 0.3) is 5.57 Å². The van der Waals surface area contributed by atoms with Crippen LogP contribution in [0.1, 0.15) is 16.8 Å². The van der Waals surface area contributed by atoms with E-state index in [1.165, 1.54) is 6.33 Å². The van der Waals surface area contributed by atoms with Gasteiger partial charge in [-0.2, -0.15) is 0 Å². The highest BCUT2D eigenvalue weighted by Gasteiger charge is 2.23. The minimum Gasteiger partial charge on any atom is -0.345 e. The summed E-state index contributed by atoms with van der Waals surface area (Å²) < 4.78 is 27.1. The van der Waals surface area contributed by atoms with Gasteiger partial charge in [0.2, 0.25) is 0 Å². The molecule has 2 aromatic rings. The fourth-order valence-electron chi connectivity index (χ4n) is 2.04. The molecule has 0 bridgehead atoms. The number of benzene rings is 1. The lowest BCUT2D eigenvalue weighted by Gasteiger charge is -2.06. The summed E-state index contributed by atoms with van der Waals surface area (Å²) in [5.41, 5.74) is 2.17. The van der Waals surface area contributed by atoms with Crippen molar-refractivity contribution in [2.75, 3.05) is 0 Å². The van der Waals surface area contributed by atoms with Crippen LogP contribution in [-0.4, -0.2) is 9.97 Å². The molecule has 0 fully saturated rings. The standard InChI is InChI=1S/C12H8F2N2/c13-9-3-4-10(14)12-7(9)1-2-8(12)11-5-15-6-16-11/h2-6H,1H2,(H,15,16). The van der Waals surface area contributed by atoms with Crippen LogP contribution in [0.3, 0.4) is 0 Å². The van der Waals surface area contributed by atoms with Crippen molar-refractivity contribution >= 4 is 5.57 Å². The first-order chi connectivity index (χ1) is 7.77. The van der Waals surface area contributed by atoms with Crippen molar-refractivity contribution in [1.82, 2.24) is 9.97 Å². The zero-order valence-electron chi connectivity index (χ0n) is 8.30. The predicted molar refractivity (Wildman–Crippen MR) is 55.7 cm³/mol. The van der Waals surface area contributed by atoms with E-state index in [-0.39, 0.29) is 5.82 Å². The Morgan fingerprint density at radius 1 is 1.19 bits per heavy atom. The van der Waals surface area contributed by atoms with Gasteiger partial charge in [-0.3, -0.25) is 0 Å². The summed E-state index contributed by atoms with van der Waals surface area (Å²) in [5.74, 6) is -0.753. The highest BCUT2D eigenvalue weighted by molar-refractivity contribution is 5.83. The van der Waals surface area contributed by atoms with E-state index in [4.69, 9.17) is 0 Å². The zero-order valence-corrected chi connectivity index (χ0v) is 8.30. The Balaban J connectivity index is 2.21. The molecule has 80 valence electrons. The van der Waals surface area contributed by atoms with Crippen molar-refractivity contribution in [3.8, 4) is 0 Å². The van der Waals surface area contributed by atoms with Gasteiger partial charge in [0.05, 0.1) is 18.2 Å². The number of imidazole rings is 1. The molecule has 0 aliphatic heterocycles. The van der Waals surface area contributed by atoms with E-state index >= 15 is 0 Å². The Morgan fingerprint density at radius 2 is 2.00 bits per heavy atom. The van der Waals surface area contributed by atoms with Crippen LogP contribution >= 0.6 is 0 Å². The number of aromatic nitrogens is 2. The molecule has 0 unspecified atom stereocenters. The van der Waals surface area contributed by atoms with Crippen LogP contribution in [0, 0.1) is 11.6 Å². The number of nitrogens with zero attached hydrogens (tertiary/aromatic N) is 1. The predicted octanol–water partition coefficient (Wildman–Crippen LogP) is 2.68. The first-order valence-corrected chi connectivity index (χ1v) is 4.93. The molecule has 16 heavy (non-hydrogen) atoms. The highest BCUT2D eigenvalue weighted by Crippen LogP contribution is 2.34. The number of H-pyrrole nitrogens is 1. The maximum absolute atomic E-state index is 13.7. The van der Waals surface area contributed by atoms with Gasteiger partial charge in [-0.25, -0.2) is 13.8 Å². The van der Waals surface area contributed by atoms with Gasteiger partial charge in [-0.05, 0) is 18.6 Å². The average molecular weight is 218 g/mol. The van der Waals surface area contributed by atoms with Crippen molar-refractivity contribution in [3.63, 3.8) is 0 Å². The van der Waals surface area contributed by atoms with Crippen molar-refractivity contribution in [3.05, 3.63) is 59.2 Å². The fraction of sp³-hybridized carbons (Fsp3) is 0.0833. The molecule has 1 aromatic carbocycles. The van der Waals surface area contributed by atoms with Gasteiger partial charge >= 0.3 is 0 Å². The molecule has 1 aliphatic carbocycles. The molecule has 1 N–H and O–H groups in total. The monoisotopic (exact) mass is 218 g/mol. The molecule has 0 spiro atoms. The van der Waals surface area contributed by atoms with Crippen LogP contribution in [0.5, 0.6) is 0 Å². The number of nitrogens with one attached hydrogen (secondary N) is 1. The number of rotatable bonds is 1. The lowest BCUT2D eigenvalue weighted by atomic mass is 10.0. The number of hydrogen-bond donors (Lipinski definition) is 1. The Morgan fingerprint density at radius 3 is 2.75 bits per heavy atom. The Hall–Kier alpha value is -1.97. The molecular formula is C12H8F2N2. The number of halogens is 2. The summed E-state index contributed by atoms with van der Waals surface area (Å²) in [6, 6.07) is 2.32. The molecule has 2 nitrogen and oxygen atoms in total. The van der Waals surface area contributed by atoms with Crippen molar-refractivity contribution in [2.45, 2.75) is 6.42 Å². The quantitative estimate of drug-likeness (QED) is 0.783. The van der Waals surface area contributed by atoms with E-state index in [0.29, 0.717) is 28.8 Å². The number of fused-ring (bicyclic) bond motifs is 1. The number of hydrogen-bond acceptors (Lipinski definition) is 1. The normalized spacial score (nSPS) is 13.8. The zero-order chi connectivity index (χ0) is 11.1. The van der Waals surface area contributed by atoms with Crippen molar-refractivity contribution in [2.24, 2.45) is 0 Å². The van der Waals surface area contributed by atoms with Crippen LogP contribution in [0.15, 0.2) is 30.7 Å². The molecule has 4 heteroatoms. The van der Waals surface area contributed by atoms with Crippen molar-refractivity contribution < 1.29 is 8.78 Å². The maximum Gasteiger partial charge on any atom is 0.131 e. The molecule has 0 atom stereocenters. The van der Waals surface area contributed by atoms with E-state index in [1.807, 2.05) is 6.08 Å². The van der Waals surface area contributed by atoms with E-state index in [2.05, 4.69) is 9.97 Å².